The van der Waals surface area contributed by atoms with Crippen molar-refractivity contribution in [3.63, 3.8) is 0 Å². The fraction of sp³-hybridized carbons (Fsp3) is 0.692. The summed E-state index contributed by atoms with van der Waals surface area (Å²) in [6.07, 6.45) is 14.8. The highest BCUT2D eigenvalue weighted by Gasteiger charge is 2.20. The third kappa shape index (κ3) is 2.48. The Balaban J connectivity index is 1.69. The van der Waals surface area contributed by atoms with Gasteiger partial charge < -0.3 is 5.11 Å². The summed E-state index contributed by atoms with van der Waals surface area (Å²) < 4.78 is 0. The molecule has 0 aromatic carbocycles. The van der Waals surface area contributed by atoms with Gasteiger partial charge in [-0.15, -0.1) is 0 Å². The van der Waals surface area contributed by atoms with Gasteiger partial charge in [-0.25, -0.2) is 0 Å². The van der Waals surface area contributed by atoms with Gasteiger partial charge in [0.1, 0.15) is 0 Å². The molecule has 0 heterocycles. The van der Waals surface area contributed by atoms with Crippen LogP contribution in [0.5, 0.6) is 0 Å². The zero-order chi connectivity index (χ0) is 9.80. The van der Waals surface area contributed by atoms with Crippen LogP contribution in [0.15, 0.2) is 23.8 Å². The highest BCUT2D eigenvalue weighted by Crippen LogP contribution is 2.27. The lowest BCUT2D eigenvalue weighted by Gasteiger charge is -2.17. The van der Waals surface area contributed by atoms with E-state index in [0.717, 1.165) is 25.7 Å². The fourth-order valence-corrected chi connectivity index (χ4v) is 2.49. The molecule has 0 aliphatic heterocycles. The van der Waals surface area contributed by atoms with Crippen LogP contribution in [0.1, 0.15) is 44.9 Å². The van der Waals surface area contributed by atoms with E-state index in [-0.39, 0.29) is 6.10 Å². The molecule has 1 heteroatoms. The maximum Gasteiger partial charge on any atom is 0.0577 e. The van der Waals surface area contributed by atoms with Crippen molar-refractivity contribution in [3.8, 4) is 0 Å². The van der Waals surface area contributed by atoms with Gasteiger partial charge in [-0.2, -0.15) is 0 Å². The van der Waals surface area contributed by atoms with Crippen LogP contribution in [0.2, 0.25) is 0 Å². The Morgan fingerprint density at radius 2 is 2.14 bits per heavy atom. The first kappa shape index (κ1) is 9.97. The van der Waals surface area contributed by atoms with Gasteiger partial charge in [0.15, 0.2) is 0 Å². The van der Waals surface area contributed by atoms with Crippen LogP contribution in [-0.2, 0) is 0 Å². The van der Waals surface area contributed by atoms with Crippen molar-refractivity contribution in [1.82, 2.24) is 0 Å². The lowest BCUT2D eigenvalue weighted by Crippen LogP contribution is -2.17. The van der Waals surface area contributed by atoms with E-state index < -0.39 is 0 Å². The van der Waals surface area contributed by atoms with Crippen molar-refractivity contribution in [2.45, 2.75) is 51.0 Å². The number of allylic oxidation sites excluding steroid dienone is 4. The summed E-state index contributed by atoms with van der Waals surface area (Å²) in [5, 5.41) is 9.94. The van der Waals surface area contributed by atoms with Crippen molar-refractivity contribution in [1.29, 1.82) is 0 Å². The van der Waals surface area contributed by atoms with Crippen LogP contribution in [0.25, 0.3) is 0 Å². The van der Waals surface area contributed by atoms with Crippen LogP contribution in [-0.4, -0.2) is 11.2 Å². The summed E-state index contributed by atoms with van der Waals surface area (Å²) in [6, 6.07) is 0. The largest absolute Gasteiger partial charge is 0.393 e. The number of aliphatic hydroxyl groups is 1. The lowest BCUT2D eigenvalue weighted by molar-refractivity contribution is 0.105. The second kappa shape index (κ2) is 4.79. The molecule has 0 spiro atoms. The molecule has 14 heavy (non-hydrogen) atoms. The van der Waals surface area contributed by atoms with Gasteiger partial charge >= 0.3 is 0 Å². The topological polar surface area (TPSA) is 20.2 Å². The van der Waals surface area contributed by atoms with Gasteiger partial charge in [0.2, 0.25) is 0 Å². The first-order chi connectivity index (χ1) is 6.86. The van der Waals surface area contributed by atoms with E-state index in [1.54, 1.807) is 5.57 Å². The van der Waals surface area contributed by atoms with Gasteiger partial charge in [0, 0.05) is 0 Å². The standard InChI is InChI=1S/C13H20O/c14-13(12-7-3-4-8-12)10-9-11-5-1-2-6-11/h3-5,12-14H,1-2,6-10H2. The molecule has 2 aliphatic rings. The van der Waals surface area contributed by atoms with Crippen molar-refractivity contribution in [2.24, 2.45) is 5.92 Å². The average molecular weight is 192 g/mol. The van der Waals surface area contributed by atoms with Crippen LogP contribution >= 0.6 is 0 Å². The molecule has 2 aliphatic carbocycles. The molecule has 0 saturated carbocycles. The molecule has 0 aromatic rings. The Hall–Kier alpha value is -0.560. The van der Waals surface area contributed by atoms with E-state index in [0.29, 0.717) is 5.92 Å². The van der Waals surface area contributed by atoms with E-state index in [1.807, 2.05) is 0 Å². The molecule has 0 bridgehead atoms. The number of hydrogen-bond acceptors (Lipinski definition) is 1. The zero-order valence-corrected chi connectivity index (χ0v) is 8.78. The minimum absolute atomic E-state index is 0.0773. The van der Waals surface area contributed by atoms with Crippen molar-refractivity contribution in [3.05, 3.63) is 23.8 Å². The van der Waals surface area contributed by atoms with Crippen molar-refractivity contribution < 1.29 is 5.11 Å². The normalized spacial score (nSPS) is 24.2. The summed E-state index contributed by atoms with van der Waals surface area (Å²) in [7, 11) is 0. The molecule has 78 valence electrons. The zero-order valence-electron chi connectivity index (χ0n) is 8.78. The van der Waals surface area contributed by atoms with Gasteiger partial charge in [-0.05, 0) is 50.9 Å². The second-order valence-electron chi connectivity index (χ2n) is 4.56. The third-order valence-electron chi connectivity index (χ3n) is 3.48. The summed E-state index contributed by atoms with van der Waals surface area (Å²) in [6.45, 7) is 0. The molecule has 1 nitrogen and oxygen atoms in total. The van der Waals surface area contributed by atoms with Crippen LogP contribution in [0.3, 0.4) is 0 Å². The molecule has 0 radical (unpaired) electrons. The van der Waals surface area contributed by atoms with Gasteiger partial charge in [0.05, 0.1) is 6.10 Å². The van der Waals surface area contributed by atoms with Gasteiger partial charge in [-0.1, -0.05) is 23.8 Å². The monoisotopic (exact) mass is 192 g/mol. The molecule has 0 fully saturated rings. The predicted molar refractivity (Wildman–Crippen MR) is 59.0 cm³/mol. The number of aliphatic hydroxyl groups excluding tert-OH is 1. The average Bonchev–Trinajstić information content (AvgIpc) is 2.87. The maximum absolute atomic E-state index is 9.94. The number of hydrogen-bond donors (Lipinski definition) is 1. The lowest BCUT2D eigenvalue weighted by atomic mass is 9.94. The molecule has 0 amide bonds. The molecule has 0 saturated heterocycles. The molecular weight excluding hydrogens is 172 g/mol. The Morgan fingerprint density at radius 3 is 2.79 bits per heavy atom. The minimum atomic E-state index is -0.0773. The Bertz CT molecular complexity index is 232. The third-order valence-corrected chi connectivity index (χ3v) is 3.48. The molecule has 1 N–H and O–H groups in total. The van der Waals surface area contributed by atoms with Crippen LogP contribution < -0.4 is 0 Å². The first-order valence-corrected chi connectivity index (χ1v) is 5.87. The Kier molecular flexibility index (Phi) is 3.41. The van der Waals surface area contributed by atoms with E-state index in [9.17, 15) is 5.11 Å². The van der Waals surface area contributed by atoms with E-state index >= 15 is 0 Å². The van der Waals surface area contributed by atoms with E-state index in [1.165, 1.54) is 19.3 Å². The molecular formula is C13H20O. The molecule has 2 rings (SSSR count). The molecule has 1 unspecified atom stereocenters. The van der Waals surface area contributed by atoms with E-state index in [2.05, 4.69) is 18.2 Å². The number of rotatable bonds is 4. The summed E-state index contributed by atoms with van der Waals surface area (Å²) in [4.78, 5) is 0. The SMILES string of the molecule is OC(CCC1=CCCC1)C1CC=CC1. The van der Waals surface area contributed by atoms with Crippen LogP contribution in [0, 0.1) is 5.92 Å². The summed E-state index contributed by atoms with van der Waals surface area (Å²) in [5.74, 6) is 0.511. The predicted octanol–water partition coefficient (Wildman–Crippen LogP) is 3.20. The van der Waals surface area contributed by atoms with Crippen molar-refractivity contribution in [2.75, 3.05) is 0 Å². The van der Waals surface area contributed by atoms with Crippen molar-refractivity contribution >= 4 is 0 Å². The summed E-state index contributed by atoms with van der Waals surface area (Å²) >= 11 is 0. The smallest absolute Gasteiger partial charge is 0.0577 e. The first-order valence-electron chi connectivity index (χ1n) is 5.87. The van der Waals surface area contributed by atoms with Gasteiger partial charge in [0.25, 0.3) is 0 Å². The van der Waals surface area contributed by atoms with Crippen LogP contribution in [0.4, 0.5) is 0 Å². The second-order valence-corrected chi connectivity index (χ2v) is 4.56. The highest BCUT2D eigenvalue weighted by atomic mass is 16.3. The quantitative estimate of drug-likeness (QED) is 0.678. The highest BCUT2D eigenvalue weighted by molar-refractivity contribution is 5.07. The fourth-order valence-electron chi connectivity index (χ4n) is 2.49. The van der Waals surface area contributed by atoms with E-state index in [4.69, 9.17) is 0 Å². The molecule has 1 atom stereocenters. The Labute approximate surface area is 86.5 Å². The Morgan fingerprint density at radius 1 is 1.36 bits per heavy atom. The van der Waals surface area contributed by atoms with Gasteiger partial charge in [-0.3, -0.25) is 0 Å². The molecule has 0 aromatic heterocycles. The summed E-state index contributed by atoms with van der Waals surface area (Å²) in [5.41, 5.74) is 1.58. The maximum atomic E-state index is 9.94. The minimum Gasteiger partial charge on any atom is -0.393 e.